The highest BCUT2D eigenvalue weighted by atomic mass is 19.1. The second kappa shape index (κ2) is 15.6. The van der Waals surface area contributed by atoms with Crippen LogP contribution in [0, 0.1) is 11.3 Å². The van der Waals surface area contributed by atoms with Crippen LogP contribution in [0.2, 0.25) is 0 Å². The lowest BCUT2D eigenvalue weighted by atomic mass is 9.99. The second-order valence-electron chi connectivity index (χ2n) is 10.2. The third kappa shape index (κ3) is 7.73. The number of unbranched alkanes of at least 4 members (excludes halogenated alkanes) is 12. The summed E-state index contributed by atoms with van der Waals surface area (Å²) in [7, 11) is 0. The van der Waals surface area contributed by atoms with Crippen molar-refractivity contribution >= 4 is 0 Å². The largest absolute Gasteiger partial charge is 0.394 e. The highest BCUT2D eigenvalue weighted by Crippen LogP contribution is 2.44. The average molecular weight is 559 g/mol. The molecule has 2 heterocycles. The predicted octanol–water partition coefficient (Wildman–Crippen LogP) is 1.92. The number of aromatic amines is 1. The van der Waals surface area contributed by atoms with E-state index in [-0.39, 0.29) is 16.1 Å². The number of aliphatic hydroxyl groups excluding tert-OH is 2. The van der Waals surface area contributed by atoms with E-state index in [1.165, 1.54) is 51.0 Å². The summed E-state index contributed by atoms with van der Waals surface area (Å²) < 4.78 is 20.3. The molecule has 1 aliphatic heterocycles. The molecule has 6 N–H and O–H groups in total. The van der Waals surface area contributed by atoms with Crippen molar-refractivity contribution in [3.8, 4) is 6.07 Å². The first kappa shape index (κ1) is 33.0. The van der Waals surface area contributed by atoms with Gasteiger partial charge in [0.25, 0.3) is 5.56 Å². The van der Waals surface area contributed by atoms with E-state index in [9.17, 15) is 35.2 Å². The number of rotatable bonds is 18. The van der Waals surface area contributed by atoms with Gasteiger partial charge >= 0.3 is 11.6 Å². The number of aliphatic hydroxyl groups is 4. The monoisotopic (exact) mass is 558 g/mol. The molecule has 13 heteroatoms. The van der Waals surface area contributed by atoms with E-state index in [4.69, 9.17) is 10.00 Å². The summed E-state index contributed by atoms with van der Waals surface area (Å²) in [5, 5.41) is 61.8. The van der Waals surface area contributed by atoms with Crippen LogP contribution in [0.25, 0.3) is 0 Å². The molecule has 0 aromatic carbocycles. The van der Waals surface area contributed by atoms with E-state index in [0.717, 1.165) is 25.7 Å². The highest BCUT2D eigenvalue weighted by molar-refractivity contribution is 5.22. The number of nitrogens with zero attached hydrogens (tertiary/aromatic N) is 3. The Kier molecular flexibility index (Phi) is 13.2. The van der Waals surface area contributed by atoms with Crippen molar-refractivity contribution in [2.45, 2.75) is 127 Å². The number of ether oxygens (including phenoxy) is 1. The van der Waals surface area contributed by atoms with Gasteiger partial charge in [0.1, 0.15) is 23.8 Å². The van der Waals surface area contributed by atoms with E-state index in [1.807, 2.05) is 0 Å². The molecule has 1 saturated heterocycles. The van der Waals surface area contributed by atoms with Crippen molar-refractivity contribution in [2.75, 3.05) is 6.61 Å². The lowest BCUT2D eigenvalue weighted by Crippen LogP contribution is -2.69. The van der Waals surface area contributed by atoms with Gasteiger partial charge in [-0.15, -0.1) is 5.06 Å². The Hall–Kier alpha value is -2.18. The van der Waals surface area contributed by atoms with Crippen molar-refractivity contribution in [3.05, 3.63) is 32.6 Å². The van der Waals surface area contributed by atoms with Crippen LogP contribution < -0.4 is 11.2 Å². The first-order chi connectivity index (χ1) is 18.6. The Bertz CT molecular complexity index is 1050. The van der Waals surface area contributed by atoms with Gasteiger partial charge in [0.2, 0.25) is 5.72 Å². The summed E-state index contributed by atoms with van der Waals surface area (Å²) in [4.78, 5) is 25.9. The normalized spacial score (nSPS) is 25.7. The summed E-state index contributed by atoms with van der Waals surface area (Å²) in [5.41, 5.74) is -6.56. The van der Waals surface area contributed by atoms with Crippen LogP contribution in [-0.4, -0.2) is 71.1 Å². The van der Waals surface area contributed by atoms with Crippen LogP contribution in [-0.2, 0) is 10.6 Å². The molecule has 0 bridgehead atoms. The molecule has 0 aliphatic carbocycles. The standard InChI is InChI=1S/C26H43FN4O8/c1-2-3-4-5-6-7-8-9-10-11-12-13-14-15-21(27)31(38)25(36)22(33)20(18-32)39-26(25,37)30-17-19(16-28)23(34)29-24(30)35/h17,20-22,32-33,36-38H,2-15,18H2,1H3,(H,29,34,35)/t20-,21?,22-,25-,26-/m1/s1. The Morgan fingerprint density at radius 2 is 1.59 bits per heavy atom. The lowest BCUT2D eigenvalue weighted by molar-refractivity contribution is -0.428. The van der Waals surface area contributed by atoms with Crippen LogP contribution in [0.5, 0.6) is 0 Å². The van der Waals surface area contributed by atoms with Gasteiger partial charge in [-0.05, 0) is 12.8 Å². The summed E-state index contributed by atoms with van der Waals surface area (Å²) in [6.45, 7) is 1.21. The zero-order valence-electron chi connectivity index (χ0n) is 22.6. The predicted molar refractivity (Wildman–Crippen MR) is 138 cm³/mol. The SMILES string of the molecule is CCCCCCCCCCCCCCCC(F)N(O)[C@@]1(O)[C@H](O)[C@@H](CO)O[C@@]1(O)n1cc(C#N)c(=O)[nH]c1=O. The van der Waals surface area contributed by atoms with Gasteiger partial charge in [0.15, 0.2) is 6.30 Å². The van der Waals surface area contributed by atoms with Gasteiger partial charge in [-0.25, -0.2) is 13.8 Å². The highest BCUT2D eigenvalue weighted by Gasteiger charge is 2.71. The zero-order valence-corrected chi connectivity index (χ0v) is 22.6. The Labute approximate surface area is 227 Å². The zero-order chi connectivity index (χ0) is 29.1. The minimum atomic E-state index is -3.40. The fraction of sp³-hybridized carbons (Fsp3) is 0.808. The topological polar surface area (TPSA) is 192 Å². The van der Waals surface area contributed by atoms with Gasteiger partial charge in [-0.1, -0.05) is 84.0 Å². The molecular formula is C26H43FN4O8. The molecule has 12 nitrogen and oxygen atoms in total. The molecule has 2 rings (SSSR count). The first-order valence-corrected chi connectivity index (χ1v) is 13.9. The molecule has 0 saturated carbocycles. The number of nitriles is 1. The van der Waals surface area contributed by atoms with Gasteiger partial charge in [-0.2, -0.15) is 5.26 Å². The Balaban J connectivity index is 1.94. The molecular weight excluding hydrogens is 515 g/mol. The summed E-state index contributed by atoms with van der Waals surface area (Å²) in [6, 6.07) is 1.47. The van der Waals surface area contributed by atoms with Crippen LogP contribution in [0.15, 0.2) is 15.8 Å². The van der Waals surface area contributed by atoms with Gasteiger partial charge in [-0.3, -0.25) is 9.78 Å². The lowest BCUT2D eigenvalue weighted by Gasteiger charge is -2.43. The van der Waals surface area contributed by atoms with E-state index in [0.29, 0.717) is 19.0 Å². The molecule has 0 amide bonds. The van der Waals surface area contributed by atoms with Crippen LogP contribution in [0.3, 0.4) is 0 Å². The summed E-state index contributed by atoms with van der Waals surface area (Å²) in [6.07, 6.45) is 7.76. The minimum absolute atomic E-state index is 0.146. The molecule has 1 aromatic rings. The van der Waals surface area contributed by atoms with Gasteiger partial charge < -0.3 is 30.4 Å². The molecule has 1 aliphatic rings. The summed E-state index contributed by atoms with van der Waals surface area (Å²) >= 11 is 0. The smallest absolute Gasteiger partial charge is 0.332 e. The van der Waals surface area contributed by atoms with E-state index >= 15 is 4.39 Å². The van der Waals surface area contributed by atoms with Gasteiger partial charge in [0.05, 0.1) is 6.61 Å². The third-order valence-electron chi connectivity index (χ3n) is 7.29. The minimum Gasteiger partial charge on any atom is -0.394 e. The van der Waals surface area contributed by atoms with Crippen molar-refractivity contribution in [1.82, 2.24) is 14.6 Å². The number of H-pyrrole nitrogens is 1. The molecule has 0 radical (unpaired) electrons. The van der Waals surface area contributed by atoms with E-state index < -0.39 is 53.6 Å². The Morgan fingerprint density at radius 1 is 1.08 bits per heavy atom. The maximum atomic E-state index is 15.1. The Morgan fingerprint density at radius 3 is 2.08 bits per heavy atom. The van der Waals surface area contributed by atoms with Crippen molar-refractivity contribution in [1.29, 1.82) is 5.26 Å². The van der Waals surface area contributed by atoms with Crippen molar-refractivity contribution in [2.24, 2.45) is 0 Å². The third-order valence-corrected chi connectivity index (χ3v) is 7.29. The quantitative estimate of drug-likeness (QED) is 0.0671. The number of nitrogens with one attached hydrogen (secondary N) is 1. The summed E-state index contributed by atoms with van der Waals surface area (Å²) in [5.74, 6) is -3.39. The molecule has 0 spiro atoms. The van der Waals surface area contributed by atoms with Crippen molar-refractivity contribution in [3.63, 3.8) is 0 Å². The molecule has 5 atom stereocenters. The number of halogens is 1. The van der Waals surface area contributed by atoms with Crippen LogP contribution in [0.4, 0.5) is 4.39 Å². The first-order valence-electron chi connectivity index (χ1n) is 13.9. The van der Waals surface area contributed by atoms with Crippen molar-refractivity contribution < 1.29 is 34.8 Å². The fourth-order valence-corrected chi connectivity index (χ4v) is 4.91. The number of hydrogen-bond acceptors (Lipinski definition) is 10. The maximum absolute atomic E-state index is 15.1. The number of hydrogen-bond donors (Lipinski definition) is 6. The number of alkyl halides is 1. The molecule has 222 valence electrons. The van der Waals surface area contributed by atoms with E-state index in [1.54, 1.807) is 4.98 Å². The fourth-order valence-electron chi connectivity index (χ4n) is 4.91. The molecule has 1 fully saturated rings. The molecule has 1 aromatic heterocycles. The van der Waals surface area contributed by atoms with Crippen LogP contribution in [0.1, 0.15) is 102 Å². The molecule has 1 unspecified atom stereocenters. The number of hydroxylamine groups is 2. The van der Waals surface area contributed by atoms with Crippen LogP contribution >= 0.6 is 0 Å². The average Bonchev–Trinajstić information content (AvgIpc) is 3.12. The molecule has 39 heavy (non-hydrogen) atoms. The maximum Gasteiger partial charge on any atom is 0.332 e. The van der Waals surface area contributed by atoms with Gasteiger partial charge in [0, 0.05) is 6.20 Å². The second-order valence-corrected chi connectivity index (χ2v) is 10.2. The van der Waals surface area contributed by atoms with E-state index in [2.05, 4.69) is 6.92 Å². The number of aromatic nitrogens is 2.